The van der Waals surface area contributed by atoms with E-state index in [-0.39, 0.29) is 5.91 Å². The van der Waals surface area contributed by atoms with E-state index in [4.69, 9.17) is 0 Å². The lowest BCUT2D eigenvalue weighted by Crippen LogP contribution is -2.12. The zero-order valence-electron chi connectivity index (χ0n) is 11.1. The molecule has 0 aliphatic rings. The van der Waals surface area contributed by atoms with Crippen LogP contribution in [0.1, 0.15) is 10.4 Å². The zero-order chi connectivity index (χ0) is 14.8. The number of rotatable bonds is 3. The molecule has 7 heteroatoms. The SMILES string of the molecule is Cn1ccnc1-c1csc(NC(=O)c2ccccc2Br)n1. The molecule has 0 spiro atoms. The summed E-state index contributed by atoms with van der Waals surface area (Å²) in [4.78, 5) is 20.8. The van der Waals surface area contributed by atoms with E-state index in [0.29, 0.717) is 10.7 Å². The summed E-state index contributed by atoms with van der Waals surface area (Å²) in [5.41, 5.74) is 1.32. The summed E-state index contributed by atoms with van der Waals surface area (Å²) in [5.74, 6) is 0.579. The Bertz CT molecular complexity index is 796. The first-order chi connectivity index (χ1) is 10.1. The molecule has 0 aliphatic carbocycles. The van der Waals surface area contributed by atoms with E-state index in [1.165, 1.54) is 11.3 Å². The van der Waals surface area contributed by atoms with Crippen LogP contribution in [0.4, 0.5) is 5.13 Å². The standard InChI is InChI=1S/C14H11BrN4OS/c1-19-7-6-16-12(19)11-8-21-14(17-11)18-13(20)9-4-2-3-5-10(9)15/h2-8H,1H3,(H,17,18,20). The minimum Gasteiger partial charge on any atom is -0.333 e. The molecule has 1 N–H and O–H groups in total. The molecule has 0 aliphatic heterocycles. The van der Waals surface area contributed by atoms with Gasteiger partial charge in [-0.05, 0) is 28.1 Å². The van der Waals surface area contributed by atoms with E-state index in [0.717, 1.165) is 16.0 Å². The van der Waals surface area contributed by atoms with Gasteiger partial charge in [0.25, 0.3) is 5.91 Å². The molecule has 0 atom stereocenters. The van der Waals surface area contributed by atoms with Crippen LogP contribution in [0.3, 0.4) is 0 Å². The second-order valence-corrected chi connectivity index (χ2v) is 6.05. The van der Waals surface area contributed by atoms with Crippen LogP contribution in [0.5, 0.6) is 0 Å². The van der Waals surface area contributed by atoms with Gasteiger partial charge in [-0.1, -0.05) is 12.1 Å². The number of thiazole rings is 1. The predicted octanol–water partition coefficient (Wildman–Crippen LogP) is 3.56. The van der Waals surface area contributed by atoms with Gasteiger partial charge < -0.3 is 4.57 Å². The molecule has 1 amide bonds. The number of benzene rings is 1. The van der Waals surface area contributed by atoms with E-state index in [1.807, 2.05) is 41.4 Å². The van der Waals surface area contributed by atoms with Gasteiger partial charge in [-0.3, -0.25) is 10.1 Å². The first-order valence-corrected chi connectivity index (χ1v) is 7.81. The van der Waals surface area contributed by atoms with E-state index in [2.05, 4.69) is 31.2 Å². The molecule has 21 heavy (non-hydrogen) atoms. The van der Waals surface area contributed by atoms with Crippen molar-refractivity contribution in [3.63, 3.8) is 0 Å². The second-order valence-electron chi connectivity index (χ2n) is 4.33. The fraction of sp³-hybridized carbons (Fsp3) is 0.0714. The van der Waals surface area contributed by atoms with Crippen molar-refractivity contribution in [2.75, 3.05) is 5.32 Å². The number of amides is 1. The number of nitrogens with one attached hydrogen (secondary N) is 1. The van der Waals surface area contributed by atoms with E-state index < -0.39 is 0 Å². The molecule has 0 fully saturated rings. The number of halogens is 1. The molecule has 106 valence electrons. The highest BCUT2D eigenvalue weighted by Crippen LogP contribution is 2.24. The summed E-state index contributed by atoms with van der Waals surface area (Å²) >= 11 is 4.74. The van der Waals surface area contributed by atoms with Crippen molar-refractivity contribution in [2.24, 2.45) is 7.05 Å². The van der Waals surface area contributed by atoms with Gasteiger partial charge in [0, 0.05) is 29.3 Å². The lowest BCUT2D eigenvalue weighted by atomic mass is 10.2. The van der Waals surface area contributed by atoms with Crippen LogP contribution in [-0.4, -0.2) is 20.4 Å². The number of hydrogen-bond donors (Lipinski definition) is 1. The molecule has 0 unspecified atom stereocenters. The Hall–Kier alpha value is -1.99. The van der Waals surface area contributed by atoms with Crippen LogP contribution in [-0.2, 0) is 7.05 Å². The molecule has 0 radical (unpaired) electrons. The third kappa shape index (κ3) is 2.88. The molecule has 0 saturated heterocycles. The number of hydrogen-bond acceptors (Lipinski definition) is 4. The first-order valence-electron chi connectivity index (χ1n) is 6.14. The molecule has 1 aromatic carbocycles. The third-order valence-corrected chi connectivity index (χ3v) is 4.34. The van der Waals surface area contributed by atoms with E-state index in [1.54, 1.807) is 12.3 Å². The molecular weight excluding hydrogens is 352 g/mol. The van der Waals surface area contributed by atoms with E-state index in [9.17, 15) is 4.79 Å². The van der Waals surface area contributed by atoms with Gasteiger partial charge in [0.2, 0.25) is 0 Å². The molecule has 2 heterocycles. The van der Waals surface area contributed by atoms with Crippen LogP contribution in [0.25, 0.3) is 11.5 Å². The normalized spacial score (nSPS) is 10.6. The summed E-state index contributed by atoms with van der Waals surface area (Å²) in [6, 6.07) is 7.27. The molecular formula is C14H11BrN4OS. The van der Waals surface area contributed by atoms with Gasteiger partial charge in [-0.25, -0.2) is 9.97 Å². The molecule has 5 nitrogen and oxygen atoms in total. The largest absolute Gasteiger partial charge is 0.333 e. The maximum Gasteiger partial charge on any atom is 0.258 e. The Labute approximate surface area is 133 Å². The number of aryl methyl sites for hydroxylation is 1. The van der Waals surface area contributed by atoms with Gasteiger partial charge in [0.1, 0.15) is 5.69 Å². The van der Waals surface area contributed by atoms with Crippen molar-refractivity contribution in [3.05, 3.63) is 52.1 Å². The number of aromatic nitrogens is 3. The molecule has 0 bridgehead atoms. The third-order valence-electron chi connectivity index (χ3n) is 2.89. The zero-order valence-corrected chi connectivity index (χ0v) is 13.5. The lowest BCUT2D eigenvalue weighted by Gasteiger charge is -2.03. The predicted molar refractivity (Wildman–Crippen MR) is 86.4 cm³/mol. The van der Waals surface area contributed by atoms with Crippen LogP contribution < -0.4 is 5.32 Å². The number of imidazole rings is 1. The maximum absolute atomic E-state index is 12.2. The van der Waals surface area contributed by atoms with Crippen LogP contribution >= 0.6 is 27.3 Å². The average molecular weight is 363 g/mol. The Kier molecular flexibility index (Phi) is 3.85. The van der Waals surface area contributed by atoms with Crippen molar-refractivity contribution in [3.8, 4) is 11.5 Å². The van der Waals surface area contributed by atoms with Gasteiger partial charge in [0.15, 0.2) is 11.0 Å². The Balaban J connectivity index is 1.81. The summed E-state index contributed by atoms with van der Waals surface area (Å²) in [7, 11) is 1.90. The minimum absolute atomic E-state index is 0.191. The molecule has 2 aromatic heterocycles. The molecule has 3 rings (SSSR count). The van der Waals surface area contributed by atoms with Gasteiger partial charge >= 0.3 is 0 Å². The molecule has 0 saturated carbocycles. The van der Waals surface area contributed by atoms with Crippen molar-refractivity contribution in [1.82, 2.24) is 14.5 Å². The fourth-order valence-corrected chi connectivity index (χ4v) is 3.00. The minimum atomic E-state index is -0.191. The van der Waals surface area contributed by atoms with Crippen molar-refractivity contribution in [2.45, 2.75) is 0 Å². The van der Waals surface area contributed by atoms with Crippen LogP contribution in [0.15, 0.2) is 46.5 Å². The van der Waals surface area contributed by atoms with Crippen LogP contribution in [0, 0.1) is 0 Å². The number of nitrogens with zero attached hydrogens (tertiary/aromatic N) is 3. The summed E-state index contributed by atoms with van der Waals surface area (Å²) in [6.07, 6.45) is 3.57. The quantitative estimate of drug-likeness (QED) is 0.774. The number of carbonyl (C=O) groups excluding carboxylic acids is 1. The second kappa shape index (κ2) is 5.79. The van der Waals surface area contributed by atoms with E-state index >= 15 is 0 Å². The fourth-order valence-electron chi connectivity index (χ4n) is 1.86. The topological polar surface area (TPSA) is 59.8 Å². The Morgan fingerprint density at radius 2 is 2.19 bits per heavy atom. The number of anilines is 1. The highest BCUT2D eigenvalue weighted by molar-refractivity contribution is 9.10. The van der Waals surface area contributed by atoms with Gasteiger partial charge in [0.05, 0.1) is 5.56 Å². The maximum atomic E-state index is 12.2. The lowest BCUT2D eigenvalue weighted by molar-refractivity contribution is 0.102. The monoisotopic (exact) mass is 362 g/mol. The average Bonchev–Trinajstić information content (AvgIpc) is 3.08. The smallest absolute Gasteiger partial charge is 0.258 e. The number of carbonyl (C=O) groups is 1. The molecule has 3 aromatic rings. The first kappa shape index (κ1) is 14.0. The van der Waals surface area contributed by atoms with Gasteiger partial charge in [-0.2, -0.15) is 0 Å². The Morgan fingerprint density at radius 1 is 1.38 bits per heavy atom. The van der Waals surface area contributed by atoms with Crippen molar-refractivity contribution < 1.29 is 4.79 Å². The summed E-state index contributed by atoms with van der Waals surface area (Å²) < 4.78 is 2.64. The van der Waals surface area contributed by atoms with Gasteiger partial charge in [-0.15, -0.1) is 11.3 Å². The highest BCUT2D eigenvalue weighted by Gasteiger charge is 2.13. The van der Waals surface area contributed by atoms with Crippen molar-refractivity contribution in [1.29, 1.82) is 0 Å². The summed E-state index contributed by atoms with van der Waals surface area (Å²) in [5, 5.41) is 5.23. The summed E-state index contributed by atoms with van der Waals surface area (Å²) in [6.45, 7) is 0. The highest BCUT2D eigenvalue weighted by atomic mass is 79.9. The van der Waals surface area contributed by atoms with Crippen molar-refractivity contribution >= 4 is 38.3 Å². The van der Waals surface area contributed by atoms with Crippen LogP contribution in [0.2, 0.25) is 0 Å². The Morgan fingerprint density at radius 3 is 2.90 bits per heavy atom.